The summed E-state index contributed by atoms with van der Waals surface area (Å²) >= 11 is 1.21. The predicted molar refractivity (Wildman–Crippen MR) is 138 cm³/mol. The lowest BCUT2D eigenvalue weighted by Gasteiger charge is -2.32. The van der Waals surface area contributed by atoms with Gasteiger partial charge in [0.2, 0.25) is 0 Å². The summed E-state index contributed by atoms with van der Waals surface area (Å²) < 4.78 is 20.6. The van der Waals surface area contributed by atoms with Crippen LogP contribution in [-0.4, -0.2) is 58.4 Å². The van der Waals surface area contributed by atoms with Crippen molar-refractivity contribution in [2.24, 2.45) is 5.73 Å². The number of thiophene rings is 1. The first-order chi connectivity index (χ1) is 17.4. The number of halogens is 1. The van der Waals surface area contributed by atoms with Crippen molar-refractivity contribution in [1.82, 2.24) is 9.88 Å². The number of anilines is 2. The van der Waals surface area contributed by atoms with Crippen LogP contribution >= 0.6 is 11.3 Å². The zero-order valence-electron chi connectivity index (χ0n) is 20.1. The molecule has 1 aromatic carbocycles. The molecule has 10 heteroatoms. The summed E-state index contributed by atoms with van der Waals surface area (Å²) in [5.41, 5.74) is 7.54. The second-order valence-corrected chi connectivity index (χ2v) is 9.81. The molecule has 1 aliphatic rings. The molecule has 0 aliphatic carbocycles. The minimum Gasteiger partial charge on any atom is -0.396 e. The maximum atomic E-state index is 14.9. The van der Waals surface area contributed by atoms with Crippen LogP contribution < -0.4 is 11.1 Å². The van der Waals surface area contributed by atoms with Gasteiger partial charge < -0.3 is 26.0 Å². The Kier molecular flexibility index (Phi) is 8.65. The number of carbonyl (C=O) groups is 1. The Morgan fingerprint density at radius 1 is 1.36 bits per heavy atom. The smallest absolute Gasteiger partial charge is 0.251 e. The van der Waals surface area contributed by atoms with E-state index in [0.717, 1.165) is 18.8 Å². The first kappa shape index (κ1) is 26.2. The number of benzene rings is 1. The van der Waals surface area contributed by atoms with E-state index in [4.69, 9.17) is 10.5 Å². The van der Waals surface area contributed by atoms with E-state index in [1.807, 2.05) is 19.1 Å². The average molecular weight is 515 g/mol. The molecule has 8 nitrogen and oxygen atoms in total. The Morgan fingerprint density at radius 3 is 2.92 bits per heavy atom. The summed E-state index contributed by atoms with van der Waals surface area (Å²) in [6.07, 6.45) is 0.363. The standard InChI is InChI=1S/C26H31FN4O4S/c1-2-22(33)16-6-7-19(21(27)12-16)23-13-20(25(28)34)26(36-23)30-24-5-3-4-17(29-24)14-31-9-11-35-18(15-31)8-10-32/h3-7,12-13,18,22,32-33H,2,8-11,14-15H2,1H3,(H2,28,34)(H,29,30). The molecule has 2 aromatic heterocycles. The molecule has 1 saturated heterocycles. The maximum Gasteiger partial charge on any atom is 0.251 e. The fourth-order valence-corrected chi connectivity index (χ4v) is 5.30. The predicted octanol–water partition coefficient (Wildman–Crippen LogP) is 3.82. The lowest BCUT2D eigenvalue weighted by Crippen LogP contribution is -2.42. The van der Waals surface area contributed by atoms with Crippen LogP contribution in [0.5, 0.6) is 0 Å². The van der Waals surface area contributed by atoms with E-state index in [0.29, 0.717) is 52.8 Å². The number of hydrogen-bond donors (Lipinski definition) is 4. The van der Waals surface area contributed by atoms with Gasteiger partial charge in [0.05, 0.1) is 30.1 Å². The molecular formula is C26H31FN4O4S. The molecule has 1 aliphatic heterocycles. The van der Waals surface area contributed by atoms with Crippen molar-refractivity contribution in [2.75, 3.05) is 31.6 Å². The third-order valence-electron chi connectivity index (χ3n) is 6.14. The Morgan fingerprint density at radius 2 is 2.19 bits per heavy atom. The van der Waals surface area contributed by atoms with Crippen LogP contribution in [-0.2, 0) is 11.3 Å². The van der Waals surface area contributed by atoms with Gasteiger partial charge in [-0.05, 0) is 42.7 Å². The Balaban J connectivity index is 1.53. The normalized spacial score (nSPS) is 17.2. The molecule has 1 amide bonds. The van der Waals surface area contributed by atoms with E-state index in [1.54, 1.807) is 24.3 Å². The van der Waals surface area contributed by atoms with Gasteiger partial charge in [-0.3, -0.25) is 9.69 Å². The van der Waals surface area contributed by atoms with Gasteiger partial charge in [-0.2, -0.15) is 0 Å². The number of ether oxygens (including phenoxy) is 1. The van der Waals surface area contributed by atoms with Crippen LogP contribution in [0, 0.1) is 5.82 Å². The number of nitrogens with one attached hydrogen (secondary N) is 1. The first-order valence-corrected chi connectivity index (χ1v) is 12.8. The second-order valence-electron chi connectivity index (χ2n) is 8.76. The topological polar surface area (TPSA) is 121 Å². The number of hydrogen-bond acceptors (Lipinski definition) is 8. The minimum atomic E-state index is -0.730. The number of aliphatic hydroxyl groups is 2. The summed E-state index contributed by atoms with van der Waals surface area (Å²) in [7, 11) is 0. The van der Waals surface area contributed by atoms with Crippen LogP contribution in [0.3, 0.4) is 0 Å². The summed E-state index contributed by atoms with van der Waals surface area (Å²) in [6.45, 7) is 4.65. The fourth-order valence-electron chi connectivity index (χ4n) is 4.20. The lowest BCUT2D eigenvalue weighted by molar-refractivity contribution is -0.0410. The molecular weight excluding hydrogens is 483 g/mol. The number of nitrogens with zero attached hydrogens (tertiary/aromatic N) is 2. The Bertz CT molecular complexity index is 1200. The molecule has 2 unspecified atom stereocenters. The summed E-state index contributed by atoms with van der Waals surface area (Å²) in [5, 5.41) is 22.8. The highest BCUT2D eigenvalue weighted by atomic mass is 32.1. The molecule has 1 fully saturated rings. The van der Waals surface area contributed by atoms with E-state index >= 15 is 0 Å². The highest BCUT2D eigenvalue weighted by Crippen LogP contribution is 2.38. The third-order valence-corrected chi connectivity index (χ3v) is 7.22. The molecule has 0 saturated carbocycles. The van der Waals surface area contributed by atoms with Gasteiger partial charge in [0.1, 0.15) is 16.6 Å². The van der Waals surface area contributed by atoms with Crippen molar-refractivity contribution < 1.29 is 24.1 Å². The first-order valence-electron chi connectivity index (χ1n) is 12.0. The lowest BCUT2D eigenvalue weighted by atomic mass is 10.0. The van der Waals surface area contributed by atoms with Crippen molar-refractivity contribution in [3.05, 3.63) is 65.1 Å². The van der Waals surface area contributed by atoms with Crippen molar-refractivity contribution in [3.8, 4) is 10.4 Å². The number of amides is 1. The molecule has 0 radical (unpaired) electrons. The number of primary amides is 1. The number of aromatic nitrogens is 1. The molecule has 3 heterocycles. The van der Waals surface area contributed by atoms with Crippen molar-refractivity contribution in [3.63, 3.8) is 0 Å². The Hall–Kier alpha value is -2.89. The molecule has 4 rings (SSSR count). The van der Waals surface area contributed by atoms with Crippen molar-refractivity contribution in [2.45, 2.75) is 38.5 Å². The highest BCUT2D eigenvalue weighted by Gasteiger charge is 2.21. The summed E-state index contributed by atoms with van der Waals surface area (Å²) in [4.78, 5) is 19.6. The third kappa shape index (κ3) is 6.26. The van der Waals surface area contributed by atoms with Gasteiger partial charge in [-0.25, -0.2) is 9.37 Å². The summed E-state index contributed by atoms with van der Waals surface area (Å²) in [5.74, 6) is -0.558. The summed E-state index contributed by atoms with van der Waals surface area (Å²) in [6, 6.07) is 11.8. The molecule has 192 valence electrons. The van der Waals surface area contributed by atoms with Gasteiger partial charge in [0.25, 0.3) is 5.91 Å². The minimum absolute atomic E-state index is 0.00687. The van der Waals surface area contributed by atoms with Gasteiger partial charge >= 0.3 is 0 Å². The molecule has 0 bridgehead atoms. The molecule has 5 N–H and O–H groups in total. The van der Waals surface area contributed by atoms with E-state index in [1.165, 1.54) is 17.4 Å². The van der Waals surface area contributed by atoms with Crippen LogP contribution in [0.4, 0.5) is 15.2 Å². The molecule has 2 atom stereocenters. The monoisotopic (exact) mass is 514 g/mol. The van der Waals surface area contributed by atoms with E-state index < -0.39 is 17.8 Å². The van der Waals surface area contributed by atoms with Crippen LogP contribution in [0.1, 0.15) is 47.5 Å². The quantitative estimate of drug-likeness (QED) is 0.325. The van der Waals surface area contributed by atoms with Crippen molar-refractivity contribution >= 4 is 28.1 Å². The van der Waals surface area contributed by atoms with Gasteiger partial charge in [0.15, 0.2) is 0 Å². The van der Waals surface area contributed by atoms with E-state index in [-0.39, 0.29) is 18.3 Å². The zero-order chi connectivity index (χ0) is 25.7. The van der Waals surface area contributed by atoms with E-state index in [9.17, 15) is 19.4 Å². The van der Waals surface area contributed by atoms with Gasteiger partial charge in [0, 0.05) is 36.7 Å². The average Bonchev–Trinajstić information content (AvgIpc) is 3.28. The molecule has 3 aromatic rings. The number of carbonyl (C=O) groups excluding carboxylic acids is 1. The Labute approximate surface area is 213 Å². The van der Waals surface area contributed by atoms with Gasteiger partial charge in [-0.1, -0.05) is 25.1 Å². The van der Waals surface area contributed by atoms with Gasteiger partial charge in [-0.15, -0.1) is 11.3 Å². The van der Waals surface area contributed by atoms with E-state index in [2.05, 4.69) is 15.2 Å². The fraction of sp³-hybridized carbons (Fsp3) is 0.385. The number of pyridine rings is 1. The second kappa shape index (κ2) is 11.9. The molecule has 0 spiro atoms. The highest BCUT2D eigenvalue weighted by molar-refractivity contribution is 7.19. The zero-order valence-corrected chi connectivity index (χ0v) is 20.9. The van der Waals surface area contributed by atoms with Crippen molar-refractivity contribution in [1.29, 1.82) is 0 Å². The SMILES string of the molecule is CCC(O)c1ccc(-c2cc(C(N)=O)c(Nc3cccc(CN4CCOC(CCO)C4)n3)s2)c(F)c1. The number of nitrogens with two attached hydrogens (primary N) is 1. The number of rotatable bonds is 10. The molecule has 36 heavy (non-hydrogen) atoms. The number of aliphatic hydroxyl groups excluding tert-OH is 2. The van der Waals surface area contributed by atoms with Crippen LogP contribution in [0.2, 0.25) is 0 Å². The largest absolute Gasteiger partial charge is 0.396 e. The van der Waals surface area contributed by atoms with Crippen LogP contribution in [0.25, 0.3) is 10.4 Å². The van der Waals surface area contributed by atoms with Crippen LogP contribution in [0.15, 0.2) is 42.5 Å². The number of morpholine rings is 1. The maximum absolute atomic E-state index is 14.9.